The fourth-order valence-corrected chi connectivity index (χ4v) is 6.66. The van der Waals surface area contributed by atoms with Crippen LogP contribution < -0.4 is 10.6 Å². The van der Waals surface area contributed by atoms with Crippen LogP contribution in [0.3, 0.4) is 0 Å². The Balaban J connectivity index is 1.81. The zero-order valence-corrected chi connectivity index (χ0v) is 23.3. The van der Waals surface area contributed by atoms with E-state index in [0.717, 1.165) is 23.9 Å². The molecule has 5 rings (SSSR count). The topological polar surface area (TPSA) is 67.7 Å². The summed E-state index contributed by atoms with van der Waals surface area (Å²) in [5.41, 5.74) is -2.80. The number of carbonyl (C=O) groups is 1. The second-order valence-electron chi connectivity index (χ2n) is 9.50. The number of aromatic nitrogens is 2. The van der Waals surface area contributed by atoms with E-state index in [4.69, 9.17) is 16.3 Å². The van der Waals surface area contributed by atoms with Gasteiger partial charge in [-0.2, -0.15) is 18.2 Å². The number of carbonyl (C=O) groups excluding carboxylic acids is 1. The zero-order valence-electron chi connectivity index (χ0n) is 21.7. The van der Waals surface area contributed by atoms with Gasteiger partial charge in [-0.1, -0.05) is 18.2 Å². The van der Waals surface area contributed by atoms with E-state index in [1.54, 1.807) is 11.8 Å². The zero-order chi connectivity index (χ0) is 29.6. The van der Waals surface area contributed by atoms with Gasteiger partial charge >= 0.3 is 11.9 Å². The van der Waals surface area contributed by atoms with Crippen molar-refractivity contribution in [2.24, 2.45) is 0 Å². The summed E-state index contributed by atoms with van der Waals surface area (Å²) in [5, 5.41) is -0.502. The van der Waals surface area contributed by atoms with Crippen LogP contribution >= 0.6 is 23.4 Å². The molecule has 0 N–H and O–H groups in total. The average molecular weight is 615 g/mol. The van der Waals surface area contributed by atoms with Gasteiger partial charge in [-0.3, -0.25) is 9.36 Å². The SMILES string of the molecule is C=CC(=O)N1CCN(c2nc(=O)n3c4c(c(-c5cc(Cl)c(F)cc5F)c(C(F)(F)F)cc24)SCC3COCC)CC1. The molecule has 2 aliphatic heterocycles. The molecule has 41 heavy (non-hydrogen) atoms. The molecule has 0 aliphatic carbocycles. The summed E-state index contributed by atoms with van der Waals surface area (Å²) < 4.78 is 80.0. The van der Waals surface area contributed by atoms with Crippen molar-refractivity contribution < 1.29 is 31.5 Å². The molecule has 14 heteroatoms. The van der Waals surface area contributed by atoms with E-state index in [9.17, 15) is 27.2 Å². The van der Waals surface area contributed by atoms with Gasteiger partial charge < -0.3 is 14.5 Å². The minimum absolute atomic E-state index is 0.00497. The molecule has 0 bridgehead atoms. The quantitative estimate of drug-likeness (QED) is 0.207. The fraction of sp³-hybridized carbons (Fsp3) is 0.370. The average Bonchev–Trinajstić information content (AvgIpc) is 2.94. The van der Waals surface area contributed by atoms with Crippen molar-refractivity contribution in [1.29, 1.82) is 0 Å². The molecule has 0 radical (unpaired) electrons. The Morgan fingerprint density at radius 1 is 1.20 bits per heavy atom. The normalized spacial score (nSPS) is 17.3. The van der Waals surface area contributed by atoms with Gasteiger partial charge in [0.15, 0.2) is 0 Å². The van der Waals surface area contributed by atoms with Crippen LogP contribution in [0.25, 0.3) is 22.0 Å². The second-order valence-corrected chi connectivity index (χ2v) is 10.9. The molecule has 1 unspecified atom stereocenters. The molecule has 7 nitrogen and oxygen atoms in total. The van der Waals surface area contributed by atoms with E-state index in [1.807, 2.05) is 0 Å². The molecule has 0 saturated carbocycles. The van der Waals surface area contributed by atoms with Crippen LogP contribution in [0.2, 0.25) is 5.02 Å². The maximum Gasteiger partial charge on any atom is 0.417 e. The molecule has 3 aromatic rings. The summed E-state index contributed by atoms with van der Waals surface area (Å²) in [7, 11) is 0. The predicted octanol–water partition coefficient (Wildman–Crippen LogP) is 5.53. The number of amides is 1. The molecule has 2 aromatic carbocycles. The van der Waals surface area contributed by atoms with Crippen LogP contribution in [-0.2, 0) is 15.7 Å². The van der Waals surface area contributed by atoms with Crippen LogP contribution in [0.4, 0.5) is 27.8 Å². The molecular formula is C27H24ClF5N4O3S. The van der Waals surface area contributed by atoms with Crippen molar-refractivity contribution in [2.45, 2.75) is 24.0 Å². The number of nitrogens with zero attached hydrogens (tertiary/aromatic N) is 4. The molecule has 1 aromatic heterocycles. The van der Waals surface area contributed by atoms with Crippen LogP contribution in [0.1, 0.15) is 18.5 Å². The molecule has 1 atom stereocenters. The number of thioether (sulfide) groups is 1. The highest BCUT2D eigenvalue weighted by atomic mass is 35.5. The van der Waals surface area contributed by atoms with E-state index in [0.29, 0.717) is 12.7 Å². The molecule has 2 aliphatic rings. The molecule has 218 valence electrons. The number of rotatable bonds is 6. The number of anilines is 1. The van der Waals surface area contributed by atoms with E-state index in [2.05, 4.69) is 11.6 Å². The molecule has 3 heterocycles. The fourth-order valence-electron chi connectivity index (χ4n) is 5.18. The summed E-state index contributed by atoms with van der Waals surface area (Å²) in [6.07, 6.45) is -3.78. The Morgan fingerprint density at radius 2 is 1.90 bits per heavy atom. The number of hydrogen-bond donors (Lipinski definition) is 0. The number of hydrogen-bond acceptors (Lipinski definition) is 6. The first-order valence-corrected chi connectivity index (χ1v) is 14.0. The van der Waals surface area contributed by atoms with Gasteiger partial charge in [0.1, 0.15) is 17.5 Å². The lowest BCUT2D eigenvalue weighted by Crippen LogP contribution is -2.49. The minimum atomic E-state index is -4.95. The Kier molecular flexibility index (Phi) is 8.05. The Morgan fingerprint density at radius 3 is 2.54 bits per heavy atom. The minimum Gasteiger partial charge on any atom is -0.380 e. The van der Waals surface area contributed by atoms with E-state index < -0.39 is 51.3 Å². The lowest BCUT2D eigenvalue weighted by Gasteiger charge is -2.37. The van der Waals surface area contributed by atoms with Gasteiger partial charge in [0.2, 0.25) is 5.91 Å². The number of ether oxygens (including phenoxy) is 1. The Hall–Kier alpha value is -3.16. The summed E-state index contributed by atoms with van der Waals surface area (Å²) in [5.74, 6) is -2.45. The van der Waals surface area contributed by atoms with Crippen molar-refractivity contribution in [2.75, 3.05) is 50.0 Å². The maximum absolute atomic E-state index is 15.1. The smallest absolute Gasteiger partial charge is 0.380 e. The van der Waals surface area contributed by atoms with Crippen LogP contribution in [0, 0.1) is 11.6 Å². The molecular weight excluding hydrogens is 591 g/mol. The van der Waals surface area contributed by atoms with Crippen molar-refractivity contribution in [3.63, 3.8) is 0 Å². The van der Waals surface area contributed by atoms with Gasteiger partial charge in [-0.25, -0.2) is 13.6 Å². The largest absolute Gasteiger partial charge is 0.417 e. The monoisotopic (exact) mass is 614 g/mol. The number of benzene rings is 2. The van der Waals surface area contributed by atoms with Crippen molar-refractivity contribution in [3.8, 4) is 11.1 Å². The Bertz CT molecular complexity index is 1610. The first-order valence-electron chi connectivity index (χ1n) is 12.7. The summed E-state index contributed by atoms with van der Waals surface area (Å²) >= 11 is 6.91. The van der Waals surface area contributed by atoms with Gasteiger partial charge in [-0.05, 0) is 25.1 Å². The maximum atomic E-state index is 15.1. The first kappa shape index (κ1) is 29.3. The number of piperazine rings is 1. The third-order valence-corrected chi connectivity index (χ3v) is 8.62. The third-order valence-electron chi connectivity index (χ3n) is 7.09. The standard InChI is InChI=1S/C27H24ClF5N4O3S/c1-3-21(38)35-5-7-36(8-6-35)25-16-9-17(27(31,32)33)22(15-10-18(28)20(30)11-19(15)29)24-23(16)37(26(39)34-25)14(13-41-24)12-40-4-2/h3,9-11,14H,1,4-8,12-13H2,2H3. The number of halogens is 6. The summed E-state index contributed by atoms with van der Waals surface area (Å²) in [6.45, 7) is 6.61. The highest BCUT2D eigenvalue weighted by Gasteiger charge is 2.40. The van der Waals surface area contributed by atoms with E-state index in [-0.39, 0.29) is 66.1 Å². The highest BCUT2D eigenvalue weighted by Crippen LogP contribution is 2.50. The summed E-state index contributed by atoms with van der Waals surface area (Å²) in [6, 6.07) is 1.56. The Labute approximate surface area is 240 Å². The number of alkyl halides is 3. The van der Waals surface area contributed by atoms with Crippen molar-refractivity contribution in [1.82, 2.24) is 14.5 Å². The molecule has 0 spiro atoms. The summed E-state index contributed by atoms with van der Waals surface area (Å²) in [4.78, 5) is 33.0. The third kappa shape index (κ3) is 5.30. The lowest BCUT2D eigenvalue weighted by molar-refractivity contribution is -0.137. The van der Waals surface area contributed by atoms with Crippen molar-refractivity contribution >= 4 is 46.0 Å². The first-order chi connectivity index (χ1) is 19.5. The van der Waals surface area contributed by atoms with Gasteiger partial charge in [-0.15, -0.1) is 11.8 Å². The second kappa shape index (κ2) is 11.3. The van der Waals surface area contributed by atoms with E-state index >= 15 is 4.39 Å². The predicted molar refractivity (Wildman–Crippen MR) is 147 cm³/mol. The van der Waals surface area contributed by atoms with Crippen LogP contribution in [0.15, 0.2) is 40.5 Å². The molecule has 1 fully saturated rings. The lowest BCUT2D eigenvalue weighted by atomic mass is 9.95. The van der Waals surface area contributed by atoms with Crippen LogP contribution in [-0.4, -0.2) is 65.5 Å². The molecule has 1 amide bonds. The van der Waals surface area contributed by atoms with Gasteiger partial charge in [0.25, 0.3) is 0 Å². The van der Waals surface area contributed by atoms with Gasteiger partial charge in [0.05, 0.1) is 28.8 Å². The van der Waals surface area contributed by atoms with Gasteiger partial charge in [0, 0.05) is 66.0 Å². The molecule has 1 saturated heterocycles. The van der Waals surface area contributed by atoms with Crippen LogP contribution in [0.5, 0.6) is 0 Å². The van der Waals surface area contributed by atoms with E-state index in [1.165, 1.54) is 15.5 Å². The highest BCUT2D eigenvalue weighted by molar-refractivity contribution is 7.99. The van der Waals surface area contributed by atoms with Crippen molar-refractivity contribution in [3.05, 3.63) is 63.6 Å².